The SMILES string of the molecule is CN1CCN(c2cccc(-c3ccccc3)c2)CC1. The summed E-state index contributed by atoms with van der Waals surface area (Å²) >= 11 is 0. The van der Waals surface area contributed by atoms with E-state index in [0.717, 1.165) is 26.2 Å². The lowest BCUT2D eigenvalue weighted by molar-refractivity contribution is 0.313. The van der Waals surface area contributed by atoms with Gasteiger partial charge in [0.05, 0.1) is 0 Å². The zero-order valence-electron chi connectivity index (χ0n) is 11.4. The van der Waals surface area contributed by atoms with Gasteiger partial charge in [-0.3, -0.25) is 0 Å². The second-order valence-corrected chi connectivity index (χ2v) is 5.21. The van der Waals surface area contributed by atoms with Crippen LogP contribution >= 0.6 is 0 Å². The molecule has 0 N–H and O–H groups in total. The monoisotopic (exact) mass is 252 g/mol. The van der Waals surface area contributed by atoms with E-state index in [0.29, 0.717) is 0 Å². The van der Waals surface area contributed by atoms with Gasteiger partial charge in [0.1, 0.15) is 0 Å². The van der Waals surface area contributed by atoms with Crippen LogP contribution in [0, 0.1) is 0 Å². The Kier molecular flexibility index (Phi) is 3.51. The Bertz CT molecular complexity index is 528. The van der Waals surface area contributed by atoms with Crippen LogP contribution in [0.1, 0.15) is 0 Å². The molecule has 2 aromatic rings. The summed E-state index contributed by atoms with van der Waals surface area (Å²) in [5, 5.41) is 0. The lowest BCUT2D eigenvalue weighted by Gasteiger charge is -2.34. The molecule has 0 aliphatic carbocycles. The Morgan fingerprint density at radius 1 is 0.737 bits per heavy atom. The zero-order chi connectivity index (χ0) is 13.1. The highest BCUT2D eigenvalue weighted by molar-refractivity contribution is 5.68. The number of likely N-dealkylation sites (N-methyl/N-ethyl adjacent to an activating group) is 1. The van der Waals surface area contributed by atoms with E-state index in [9.17, 15) is 0 Å². The summed E-state index contributed by atoms with van der Waals surface area (Å²) in [6.07, 6.45) is 0. The van der Waals surface area contributed by atoms with Gasteiger partial charge < -0.3 is 9.80 Å². The predicted molar refractivity (Wildman–Crippen MR) is 81.6 cm³/mol. The lowest BCUT2D eigenvalue weighted by Crippen LogP contribution is -2.44. The topological polar surface area (TPSA) is 6.48 Å². The summed E-state index contributed by atoms with van der Waals surface area (Å²) in [6, 6.07) is 19.5. The fourth-order valence-corrected chi connectivity index (χ4v) is 2.58. The standard InChI is InChI=1S/C17H20N2/c1-18-10-12-19(13-11-18)17-9-5-8-16(14-17)15-6-3-2-4-7-15/h2-9,14H,10-13H2,1H3. The molecule has 0 spiro atoms. The van der Waals surface area contributed by atoms with Crippen LogP contribution < -0.4 is 4.90 Å². The molecule has 2 heteroatoms. The van der Waals surface area contributed by atoms with Gasteiger partial charge in [-0.05, 0) is 30.3 Å². The first-order valence-corrected chi connectivity index (χ1v) is 6.92. The molecule has 1 aliphatic heterocycles. The van der Waals surface area contributed by atoms with Crippen LogP contribution in [0.25, 0.3) is 11.1 Å². The Labute approximate surface area is 115 Å². The number of benzene rings is 2. The van der Waals surface area contributed by atoms with E-state index in [4.69, 9.17) is 0 Å². The molecule has 1 heterocycles. The Morgan fingerprint density at radius 3 is 2.16 bits per heavy atom. The maximum atomic E-state index is 2.48. The molecule has 0 radical (unpaired) electrons. The molecule has 19 heavy (non-hydrogen) atoms. The summed E-state index contributed by atoms with van der Waals surface area (Å²) in [5.74, 6) is 0. The van der Waals surface area contributed by atoms with Crippen molar-refractivity contribution in [2.45, 2.75) is 0 Å². The molecule has 0 aromatic heterocycles. The van der Waals surface area contributed by atoms with Gasteiger partial charge >= 0.3 is 0 Å². The second kappa shape index (κ2) is 5.45. The van der Waals surface area contributed by atoms with Crippen molar-refractivity contribution in [1.82, 2.24) is 4.90 Å². The third kappa shape index (κ3) is 2.79. The molecule has 0 unspecified atom stereocenters. The van der Waals surface area contributed by atoms with Gasteiger partial charge in [0.25, 0.3) is 0 Å². The zero-order valence-corrected chi connectivity index (χ0v) is 11.4. The summed E-state index contributed by atoms with van der Waals surface area (Å²) in [6.45, 7) is 4.54. The second-order valence-electron chi connectivity index (χ2n) is 5.21. The maximum Gasteiger partial charge on any atom is 0.0373 e. The van der Waals surface area contributed by atoms with Crippen molar-refractivity contribution in [3.63, 3.8) is 0 Å². The first-order chi connectivity index (χ1) is 9.33. The molecule has 98 valence electrons. The highest BCUT2D eigenvalue weighted by Gasteiger charge is 2.14. The Hall–Kier alpha value is -1.80. The molecule has 1 fully saturated rings. The van der Waals surface area contributed by atoms with Gasteiger partial charge in [0.15, 0.2) is 0 Å². The third-order valence-corrected chi connectivity index (χ3v) is 3.82. The number of piperazine rings is 1. The van der Waals surface area contributed by atoms with Crippen LogP contribution in [0.5, 0.6) is 0 Å². The van der Waals surface area contributed by atoms with Crippen LogP contribution in [-0.4, -0.2) is 38.1 Å². The smallest absolute Gasteiger partial charge is 0.0373 e. The molecule has 2 aromatic carbocycles. The average Bonchev–Trinajstić information content (AvgIpc) is 2.49. The van der Waals surface area contributed by atoms with Crippen molar-refractivity contribution in [1.29, 1.82) is 0 Å². The molecule has 0 amide bonds. The minimum atomic E-state index is 1.12. The quantitative estimate of drug-likeness (QED) is 0.810. The van der Waals surface area contributed by atoms with E-state index in [1.807, 2.05) is 0 Å². The van der Waals surface area contributed by atoms with Gasteiger partial charge in [-0.1, -0.05) is 42.5 Å². The normalized spacial score (nSPS) is 16.6. The lowest BCUT2D eigenvalue weighted by atomic mass is 10.0. The molecule has 1 saturated heterocycles. The first-order valence-electron chi connectivity index (χ1n) is 6.92. The maximum absolute atomic E-state index is 2.48. The molecule has 1 aliphatic rings. The van der Waals surface area contributed by atoms with Crippen LogP contribution in [0.2, 0.25) is 0 Å². The first kappa shape index (κ1) is 12.2. The van der Waals surface area contributed by atoms with E-state index in [1.165, 1.54) is 16.8 Å². The molecule has 0 atom stereocenters. The van der Waals surface area contributed by atoms with Crippen molar-refractivity contribution in [3.05, 3.63) is 54.6 Å². The molecule has 3 rings (SSSR count). The van der Waals surface area contributed by atoms with E-state index in [1.54, 1.807) is 0 Å². The number of hydrogen-bond donors (Lipinski definition) is 0. The molecular formula is C17H20N2. The highest BCUT2D eigenvalue weighted by Crippen LogP contribution is 2.25. The molecule has 0 bridgehead atoms. The van der Waals surface area contributed by atoms with E-state index in [2.05, 4.69) is 71.4 Å². The van der Waals surface area contributed by atoms with Crippen molar-refractivity contribution in [2.24, 2.45) is 0 Å². The van der Waals surface area contributed by atoms with Gasteiger partial charge in [-0.2, -0.15) is 0 Å². The van der Waals surface area contributed by atoms with Crippen molar-refractivity contribution >= 4 is 5.69 Å². The fourth-order valence-electron chi connectivity index (χ4n) is 2.58. The van der Waals surface area contributed by atoms with Gasteiger partial charge in [-0.25, -0.2) is 0 Å². The molecule has 0 saturated carbocycles. The largest absolute Gasteiger partial charge is 0.369 e. The number of rotatable bonds is 2. The molecule has 2 nitrogen and oxygen atoms in total. The van der Waals surface area contributed by atoms with E-state index in [-0.39, 0.29) is 0 Å². The summed E-state index contributed by atoms with van der Waals surface area (Å²) in [4.78, 5) is 4.87. The predicted octanol–water partition coefficient (Wildman–Crippen LogP) is 3.11. The van der Waals surface area contributed by atoms with Crippen LogP contribution in [-0.2, 0) is 0 Å². The minimum absolute atomic E-state index is 1.12. The number of nitrogens with zero attached hydrogens (tertiary/aromatic N) is 2. The summed E-state index contributed by atoms with van der Waals surface area (Å²) < 4.78 is 0. The van der Waals surface area contributed by atoms with Crippen LogP contribution in [0.15, 0.2) is 54.6 Å². The van der Waals surface area contributed by atoms with Crippen LogP contribution in [0.4, 0.5) is 5.69 Å². The van der Waals surface area contributed by atoms with Crippen LogP contribution in [0.3, 0.4) is 0 Å². The van der Waals surface area contributed by atoms with Crippen molar-refractivity contribution in [3.8, 4) is 11.1 Å². The third-order valence-electron chi connectivity index (χ3n) is 3.82. The van der Waals surface area contributed by atoms with Crippen molar-refractivity contribution in [2.75, 3.05) is 38.1 Å². The van der Waals surface area contributed by atoms with Crippen molar-refractivity contribution < 1.29 is 0 Å². The summed E-state index contributed by atoms with van der Waals surface area (Å²) in [5.41, 5.74) is 3.94. The summed E-state index contributed by atoms with van der Waals surface area (Å²) in [7, 11) is 2.19. The average molecular weight is 252 g/mol. The minimum Gasteiger partial charge on any atom is -0.369 e. The fraction of sp³-hybridized carbons (Fsp3) is 0.294. The van der Waals surface area contributed by atoms with E-state index < -0.39 is 0 Å². The van der Waals surface area contributed by atoms with Gasteiger partial charge in [0, 0.05) is 31.9 Å². The van der Waals surface area contributed by atoms with E-state index >= 15 is 0 Å². The highest BCUT2D eigenvalue weighted by atomic mass is 15.2. The number of anilines is 1. The number of hydrogen-bond acceptors (Lipinski definition) is 2. The molecular weight excluding hydrogens is 232 g/mol. The Balaban J connectivity index is 1.84. The Morgan fingerprint density at radius 2 is 1.42 bits per heavy atom. The van der Waals surface area contributed by atoms with Gasteiger partial charge in [0.2, 0.25) is 0 Å². The van der Waals surface area contributed by atoms with Gasteiger partial charge in [-0.15, -0.1) is 0 Å².